The zero-order chi connectivity index (χ0) is 17.6. The van der Waals surface area contributed by atoms with Gasteiger partial charge in [-0.1, -0.05) is 53.0 Å². The number of esters is 1. The predicted molar refractivity (Wildman–Crippen MR) is 90.6 cm³/mol. The van der Waals surface area contributed by atoms with Crippen molar-refractivity contribution >= 4 is 58.7 Å². The van der Waals surface area contributed by atoms with E-state index in [1.807, 2.05) is 0 Å². The Morgan fingerprint density at radius 2 is 1.92 bits per heavy atom. The van der Waals surface area contributed by atoms with E-state index in [0.717, 1.165) is 0 Å². The molecule has 0 N–H and O–H groups in total. The molecule has 1 aliphatic heterocycles. The van der Waals surface area contributed by atoms with Gasteiger partial charge in [0.05, 0.1) is 11.3 Å². The molecule has 0 aromatic heterocycles. The third kappa shape index (κ3) is 6.94. The van der Waals surface area contributed by atoms with Crippen molar-refractivity contribution in [1.29, 1.82) is 0 Å². The molecule has 0 aliphatic carbocycles. The lowest BCUT2D eigenvalue weighted by atomic mass is 10.2. The van der Waals surface area contributed by atoms with Crippen LogP contribution in [0.5, 0.6) is 0 Å². The zero-order valence-corrected chi connectivity index (χ0v) is 15.2. The van der Waals surface area contributed by atoms with E-state index in [1.54, 1.807) is 30.3 Å². The number of carbonyl (C=O) groups is 2. The van der Waals surface area contributed by atoms with Gasteiger partial charge in [-0.25, -0.2) is 9.59 Å². The van der Waals surface area contributed by atoms with Crippen molar-refractivity contribution < 1.29 is 28.5 Å². The number of ether oxygens (including phenoxy) is 4. The lowest BCUT2D eigenvalue weighted by Gasteiger charge is -2.15. The van der Waals surface area contributed by atoms with Crippen LogP contribution in [0, 0.1) is 0 Å². The summed E-state index contributed by atoms with van der Waals surface area (Å²) in [4.78, 5) is 23.2. The molecular weight excluding hydrogens is 403 g/mol. The van der Waals surface area contributed by atoms with E-state index >= 15 is 0 Å². The van der Waals surface area contributed by atoms with Gasteiger partial charge in [0.2, 0.25) is 10.1 Å². The maximum absolute atomic E-state index is 11.8. The number of thioether (sulfide) groups is 1. The lowest BCUT2D eigenvalue weighted by Crippen LogP contribution is -2.25. The Balaban J connectivity index is 1.68. The molecule has 132 valence electrons. The average Bonchev–Trinajstić information content (AvgIpc) is 2.98. The quantitative estimate of drug-likeness (QED) is 0.535. The Bertz CT molecular complexity index is 565. The summed E-state index contributed by atoms with van der Waals surface area (Å²) < 4.78 is 18.4. The van der Waals surface area contributed by atoms with Gasteiger partial charge in [0.15, 0.2) is 0 Å². The molecule has 2 atom stereocenters. The van der Waals surface area contributed by atoms with E-state index in [-0.39, 0.29) is 6.61 Å². The van der Waals surface area contributed by atoms with Crippen LogP contribution in [0.1, 0.15) is 10.4 Å². The molecule has 1 aromatic rings. The highest BCUT2D eigenvalue weighted by molar-refractivity contribution is 8.00. The molecule has 1 fully saturated rings. The van der Waals surface area contributed by atoms with E-state index in [2.05, 4.69) is 4.74 Å². The van der Waals surface area contributed by atoms with Crippen LogP contribution in [0.15, 0.2) is 30.3 Å². The van der Waals surface area contributed by atoms with Gasteiger partial charge in [0, 0.05) is 0 Å². The minimum absolute atomic E-state index is 0.0292. The fourth-order valence-electron chi connectivity index (χ4n) is 1.67. The van der Waals surface area contributed by atoms with Crippen molar-refractivity contribution in [2.75, 3.05) is 19.0 Å². The van der Waals surface area contributed by atoms with Gasteiger partial charge in [0.25, 0.3) is 0 Å². The van der Waals surface area contributed by atoms with E-state index in [9.17, 15) is 9.59 Å². The monoisotopic (exact) mass is 414 g/mol. The molecule has 6 nitrogen and oxygen atoms in total. The molecule has 0 saturated carbocycles. The molecule has 0 bridgehead atoms. The van der Waals surface area contributed by atoms with Crippen molar-refractivity contribution in [3.63, 3.8) is 0 Å². The fourth-order valence-corrected chi connectivity index (χ4v) is 2.72. The maximum Gasteiger partial charge on any atom is 0.510 e. The molecule has 0 unspecified atom stereocenters. The second kappa shape index (κ2) is 9.01. The normalized spacial score (nSPS) is 20.5. The molecule has 2 rings (SSSR count). The molecule has 0 amide bonds. The van der Waals surface area contributed by atoms with E-state index in [4.69, 9.17) is 49.0 Å². The zero-order valence-electron chi connectivity index (χ0n) is 12.2. The minimum Gasteiger partial charge on any atom is -0.458 e. The molecule has 1 saturated heterocycles. The Hall–Kier alpha value is -0.860. The van der Waals surface area contributed by atoms with Gasteiger partial charge < -0.3 is 18.9 Å². The van der Waals surface area contributed by atoms with Gasteiger partial charge in [-0.3, -0.25) is 0 Å². The van der Waals surface area contributed by atoms with Crippen LogP contribution in [0.4, 0.5) is 4.79 Å². The fraction of sp³-hybridized carbons (Fsp3) is 0.429. The van der Waals surface area contributed by atoms with Gasteiger partial charge in [-0.2, -0.15) is 0 Å². The number of rotatable bonds is 5. The summed E-state index contributed by atoms with van der Waals surface area (Å²) in [5, 5.41) is 0. The second-order valence-corrected chi connectivity index (χ2v) is 8.27. The van der Waals surface area contributed by atoms with Crippen molar-refractivity contribution in [3.8, 4) is 0 Å². The van der Waals surface area contributed by atoms with Crippen molar-refractivity contribution in [3.05, 3.63) is 35.9 Å². The first-order valence-corrected chi connectivity index (χ1v) is 8.91. The number of halogens is 3. The highest BCUT2D eigenvalue weighted by atomic mass is 35.6. The lowest BCUT2D eigenvalue weighted by molar-refractivity contribution is -0.114. The van der Waals surface area contributed by atoms with E-state index < -0.39 is 34.3 Å². The number of alkyl halides is 3. The number of carbonyl (C=O) groups excluding carboxylic acids is 2. The summed E-state index contributed by atoms with van der Waals surface area (Å²) in [7, 11) is 0. The Kier molecular flexibility index (Phi) is 7.31. The molecule has 1 heterocycles. The number of benzene rings is 1. The van der Waals surface area contributed by atoms with Crippen LogP contribution in [0.25, 0.3) is 0 Å². The SMILES string of the molecule is O=C(OCC(Cl)(Cl)Cl)O[C@H]1CS[C@@H](COC(=O)c2ccccc2)O1. The van der Waals surface area contributed by atoms with Crippen molar-refractivity contribution in [2.24, 2.45) is 0 Å². The molecule has 0 spiro atoms. The highest BCUT2D eigenvalue weighted by Crippen LogP contribution is 2.28. The molecule has 1 aromatic carbocycles. The Labute approximate surface area is 157 Å². The first-order valence-electron chi connectivity index (χ1n) is 6.73. The van der Waals surface area contributed by atoms with Crippen LogP contribution in [0.2, 0.25) is 0 Å². The molecule has 0 radical (unpaired) electrons. The largest absolute Gasteiger partial charge is 0.510 e. The van der Waals surface area contributed by atoms with Crippen LogP contribution in [0.3, 0.4) is 0 Å². The first-order chi connectivity index (χ1) is 11.3. The summed E-state index contributed by atoms with van der Waals surface area (Å²) in [6.07, 6.45) is -1.83. The minimum atomic E-state index is -1.71. The van der Waals surface area contributed by atoms with Gasteiger partial charge in [-0.15, -0.1) is 11.8 Å². The third-order valence-corrected chi connectivity index (χ3v) is 4.07. The summed E-state index contributed by atoms with van der Waals surface area (Å²) >= 11 is 17.7. The van der Waals surface area contributed by atoms with Crippen molar-refractivity contribution in [2.45, 2.75) is 15.5 Å². The van der Waals surface area contributed by atoms with Crippen LogP contribution in [-0.4, -0.2) is 46.6 Å². The smallest absolute Gasteiger partial charge is 0.458 e. The van der Waals surface area contributed by atoms with Crippen molar-refractivity contribution in [1.82, 2.24) is 0 Å². The number of hydrogen-bond acceptors (Lipinski definition) is 7. The molecule has 1 aliphatic rings. The third-order valence-electron chi connectivity index (χ3n) is 2.66. The first kappa shape index (κ1) is 19.5. The summed E-state index contributed by atoms with van der Waals surface area (Å²) in [6.45, 7) is -0.407. The van der Waals surface area contributed by atoms with Gasteiger partial charge >= 0.3 is 12.1 Å². The molecular formula is C14H13Cl3O6S. The number of hydrogen-bond donors (Lipinski definition) is 0. The predicted octanol–water partition coefficient (Wildman–Crippen LogP) is 3.78. The molecule has 10 heteroatoms. The summed E-state index contributed by atoms with van der Waals surface area (Å²) in [5.74, 6) is -0.0811. The van der Waals surface area contributed by atoms with E-state index in [0.29, 0.717) is 11.3 Å². The van der Waals surface area contributed by atoms with Gasteiger partial charge in [0.1, 0.15) is 18.6 Å². The maximum atomic E-state index is 11.8. The van der Waals surface area contributed by atoms with Crippen LogP contribution in [-0.2, 0) is 18.9 Å². The van der Waals surface area contributed by atoms with Crippen LogP contribution < -0.4 is 0 Å². The van der Waals surface area contributed by atoms with Crippen LogP contribution >= 0.6 is 46.6 Å². The summed E-state index contributed by atoms with van der Waals surface area (Å²) in [6, 6.07) is 8.58. The topological polar surface area (TPSA) is 71.1 Å². The highest BCUT2D eigenvalue weighted by Gasteiger charge is 2.31. The Morgan fingerprint density at radius 1 is 1.21 bits per heavy atom. The van der Waals surface area contributed by atoms with Gasteiger partial charge in [-0.05, 0) is 12.1 Å². The average molecular weight is 416 g/mol. The Morgan fingerprint density at radius 3 is 2.58 bits per heavy atom. The second-order valence-electron chi connectivity index (χ2n) is 4.56. The summed E-state index contributed by atoms with van der Waals surface area (Å²) in [5.41, 5.74) is 0.00668. The molecule has 24 heavy (non-hydrogen) atoms. The standard InChI is InChI=1S/C14H13Cl3O6S/c15-14(16,17)8-21-13(19)23-10-7-24-11(22-10)6-20-12(18)9-4-2-1-3-5-9/h1-5,10-11H,6-8H2/t10-,11-/m0/s1. The van der Waals surface area contributed by atoms with E-state index in [1.165, 1.54) is 11.8 Å².